The maximum atomic E-state index is 12.1. The van der Waals surface area contributed by atoms with E-state index in [1.807, 2.05) is 42.5 Å². The second-order valence-corrected chi connectivity index (χ2v) is 7.89. The zero-order chi connectivity index (χ0) is 22.8. The molecule has 0 aliphatic heterocycles. The lowest BCUT2D eigenvalue weighted by molar-refractivity contribution is 0.170. The molecule has 2 amide bonds. The molecule has 2 aromatic carbocycles. The summed E-state index contributed by atoms with van der Waals surface area (Å²) in [5, 5.41) is 19.4. The predicted molar refractivity (Wildman–Crippen MR) is 127 cm³/mol. The third-order valence-electron chi connectivity index (χ3n) is 5.14. The fourth-order valence-corrected chi connectivity index (χ4v) is 3.36. The molecule has 1 heterocycles. The van der Waals surface area contributed by atoms with Crippen LogP contribution < -0.4 is 21.7 Å². The molecule has 7 heteroatoms. The summed E-state index contributed by atoms with van der Waals surface area (Å²) >= 11 is 0. The number of amides is 2. The van der Waals surface area contributed by atoms with Gasteiger partial charge in [-0.1, -0.05) is 60.7 Å². The van der Waals surface area contributed by atoms with Crippen LogP contribution in [0.4, 0.5) is 10.6 Å². The van der Waals surface area contributed by atoms with Crippen LogP contribution in [0.1, 0.15) is 35.3 Å². The number of rotatable bonds is 10. The summed E-state index contributed by atoms with van der Waals surface area (Å²) in [4.78, 5) is 16.1. The fourth-order valence-electron chi connectivity index (χ4n) is 3.36. The zero-order valence-electron chi connectivity index (χ0n) is 18.3. The van der Waals surface area contributed by atoms with Crippen LogP contribution in [-0.2, 0) is 19.5 Å². The summed E-state index contributed by atoms with van der Waals surface area (Å²) in [6, 6.07) is 21.4. The van der Waals surface area contributed by atoms with Gasteiger partial charge in [-0.25, -0.2) is 9.78 Å². The molecule has 0 aliphatic rings. The molecule has 0 aliphatic carbocycles. The number of nitrogens with one attached hydrogen (secondary N) is 3. The van der Waals surface area contributed by atoms with Crippen molar-refractivity contribution >= 4 is 11.8 Å². The van der Waals surface area contributed by atoms with Crippen LogP contribution in [0.2, 0.25) is 0 Å². The number of hydrogen-bond acceptors (Lipinski definition) is 5. The highest BCUT2D eigenvalue weighted by Gasteiger charge is 2.11. The Morgan fingerprint density at radius 2 is 1.66 bits per heavy atom. The number of nitrogens with two attached hydrogens (primary N) is 1. The summed E-state index contributed by atoms with van der Waals surface area (Å²) < 4.78 is 0. The molecule has 168 valence electrons. The molecule has 0 saturated heterocycles. The second-order valence-electron chi connectivity index (χ2n) is 7.89. The van der Waals surface area contributed by atoms with Crippen LogP contribution in [0, 0.1) is 0 Å². The van der Waals surface area contributed by atoms with E-state index in [0.29, 0.717) is 25.5 Å². The van der Waals surface area contributed by atoms with Gasteiger partial charge in [-0.05, 0) is 36.1 Å². The maximum Gasteiger partial charge on any atom is 0.315 e. The normalized spacial score (nSPS) is 12.7. The van der Waals surface area contributed by atoms with Gasteiger partial charge in [0, 0.05) is 37.4 Å². The van der Waals surface area contributed by atoms with Gasteiger partial charge in [0.15, 0.2) is 0 Å². The van der Waals surface area contributed by atoms with Crippen LogP contribution in [0.15, 0.2) is 72.9 Å². The molecule has 0 unspecified atom stereocenters. The third kappa shape index (κ3) is 7.68. The smallest absolute Gasteiger partial charge is 0.315 e. The highest BCUT2D eigenvalue weighted by Crippen LogP contribution is 2.13. The lowest BCUT2D eigenvalue weighted by Gasteiger charge is -2.18. The quantitative estimate of drug-likeness (QED) is 0.337. The van der Waals surface area contributed by atoms with Crippen LogP contribution in [0.5, 0.6) is 0 Å². The fraction of sp³-hybridized carbons (Fsp3) is 0.280. The molecule has 3 aromatic rings. The summed E-state index contributed by atoms with van der Waals surface area (Å²) in [5.74, 6) is 0.435. The van der Waals surface area contributed by atoms with Crippen molar-refractivity contribution in [3.05, 3.63) is 95.2 Å². The van der Waals surface area contributed by atoms with E-state index in [1.165, 1.54) is 0 Å². The first-order chi connectivity index (χ1) is 15.5. The van der Waals surface area contributed by atoms with E-state index >= 15 is 0 Å². The number of hydrogen-bond donors (Lipinski definition) is 5. The molecule has 3 rings (SSSR count). The Morgan fingerprint density at radius 1 is 0.969 bits per heavy atom. The number of pyridine rings is 1. The Labute approximate surface area is 189 Å². The number of aromatic nitrogens is 1. The standard InChI is InChI=1S/C25H31N5O2/c1-18(27-17-23(31)22-10-11-24(26)28-16-22)12-20-8-5-9-21(13-20)15-30-25(32)29-14-19-6-3-2-4-7-19/h2-11,13,16,18,23,27,31H,12,14-15,17H2,1H3,(H2,26,28)(H2,29,30,32)/t18-,23+/m1/s1. The van der Waals surface area contributed by atoms with Crippen LogP contribution in [0.25, 0.3) is 0 Å². The minimum absolute atomic E-state index is 0.170. The van der Waals surface area contributed by atoms with Gasteiger partial charge in [0.05, 0.1) is 6.10 Å². The lowest BCUT2D eigenvalue weighted by Crippen LogP contribution is -2.34. The van der Waals surface area contributed by atoms with E-state index in [0.717, 1.165) is 28.7 Å². The molecule has 0 saturated carbocycles. The van der Waals surface area contributed by atoms with Crippen LogP contribution >= 0.6 is 0 Å². The number of benzene rings is 2. The SMILES string of the molecule is C[C@H](Cc1cccc(CNC(=O)NCc2ccccc2)c1)NC[C@H](O)c1ccc(N)nc1. The first-order valence-electron chi connectivity index (χ1n) is 10.8. The largest absolute Gasteiger partial charge is 0.387 e. The Bertz CT molecular complexity index is 979. The molecular formula is C25H31N5O2. The van der Waals surface area contributed by atoms with E-state index in [2.05, 4.69) is 40.0 Å². The van der Waals surface area contributed by atoms with Crippen molar-refractivity contribution in [2.24, 2.45) is 0 Å². The van der Waals surface area contributed by atoms with Gasteiger partial charge >= 0.3 is 6.03 Å². The monoisotopic (exact) mass is 433 g/mol. The van der Waals surface area contributed by atoms with Crippen molar-refractivity contribution < 1.29 is 9.90 Å². The van der Waals surface area contributed by atoms with E-state index in [9.17, 15) is 9.90 Å². The molecule has 1 aromatic heterocycles. The molecule has 7 nitrogen and oxygen atoms in total. The van der Waals surface area contributed by atoms with E-state index in [-0.39, 0.29) is 12.1 Å². The van der Waals surface area contributed by atoms with Gasteiger partial charge in [0.2, 0.25) is 0 Å². The topological polar surface area (TPSA) is 112 Å². The number of carbonyl (C=O) groups excluding carboxylic acids is 1. The molecule has 0 fully saturated rings. The van der Waals surface area contributed by atoms with Gasteiger partial charge in [-0.15, -0.1) is 0 Å². The van der Waals surface area contributed by atoms with Crippen molar-refractivity contribution in [1.29, 1.82) is 0 Å². The number of aliphatic hydroxyl groups excluding tert-OH is 1. The van der Waals surface area contributed by atoms with Crippen LogP contribution in [-0.4, -0.2) is 28.7 Å². The number of anilines is 1. The van der Waals surface area contributed by atoms with E-state index < -0.39 is 6.10 Å². The summed E-state index contributed by atoms with van der Waals surface area (Å²) in [6.07, 6.45) is 1.76. The second kappa shape index (κ2) is 11.8. The molecule has 32 heavy (non-hydrogen) atoms. The average Bonchev–Trinajstić information content (AvgIpc) is 2.81. The first kappa shape index (κ1) is 23.2. The minimum atomic E-state index is -0.643. The first-order valence-corrected chi connectivity index (χ1v) is 10.8. The molecule has 2 atom stereocenters. The lowest BCUT2D eigenvalue weighted by atomic mass is 10.0. The number of nitrogens with zero attached hydrogens (tertiary/aromatic N) is 1. The Hall–Kier alpha value is -3.42. The van der Waals surface area contributed by atoms with Crippen molar-refractivity contribution in [2.45, 2.75) is 38.6 Å². The number of aliphatic hydroxyl groups is 1. The summed E-state index contributed by atoms with van der Waals surface area (Å²) in [5.41, 5.74) is 9.59. The van der Waals surface area contributed by atoms with Gasteiger partial charge in [0.1, 0.15) is 5.82 Å². The number of nitrogen functional groups attached to an aromatic ring is 1. The summed E-state index contributed by atoms with van der Waals surface area (Å²) in [6.45, 7) is 3.46. The van der Waals surface area contributed by atoms with Crippen molar-refractivity contribution in [1.82, 2.24) is 20.9 Å². The predicted octanol–water partition coefficient (Wildman–Crippen LogP) is 2.92. The average molecular weight is 434 g/mol. The summed E-state index contributed by atoms with van der Waals surface area (Å²) in [7, 11) is 0. The number of urea groups is 1. The third-order valence-corrected chi connectivity index (χ3v) is 5.14. The Balaban J connectivity index is 1.41. The number of carbonyl (C=O) groups is 1. The van der Waals surface area contributed by atoms with Gasteiger partial charge in [-0.2, -0.15) is 0 Å². The van der Waals surface area contributed by atoms with Gasteiger partial charge < -0.3 is 26.8 Å². The van der Waals surface area contributed by atoms with Gasteiger partial charge in [-0.3, -0.25) is 0 Å². The van der Waals surface area contributed by atoms with E-state index in [1.54, 1.807) is 18.3 Å². The van der Waals surface area contributed by atoms with Gasteiger partial charge in [0.25, 0.3) is 0 Å². The molecule has 0 bridgehead atoms. The van der Waals surface area contributed by atoms with Crippen molar-refractivity contribution in [2.75, 3.05) is 12.3 Å². The Morgan fingerprint density at radius 3 is 2.38 bits per heavy atom. The van der Waals surface area contributed by atoms with E-state index in [4.69, 9.17) is 5.73 Å². The molecule has 6 N–H and O–H groups in total. The Kier molecular flexibility index (Phi) is 8.60. The van der Waals surface area contributed by atoms with Crippen LogP contribution in [0.3, 0.4) is 0 Å². The maximum absolute atomic E-state index is 12.1. The van der Waals surface area contributed by atoms with Crippen molar-refractivity contribution in [3.8, 4) is 0 Å². The highest BCUT2D eigenvalue weighted by atomic mass is 16.3. The minimum Gasteiger partial charge on any atom is -0.387 e. The highest BCUT2D eigenvalue weighted by molar-refractivity contribution is 5.73. The molecular weight excluding hydrogens is 402 g/mol. The zero-order valence-corrected chi connectivity index (χ0v) is 18.3. The van der Waals surface area contributed by atoms with Crippen molar-refractivity contribution in [3.63, 3.8) is 0 Å². The molecule has 0 radical (unpaired) electrons. The molecule has 0 spiro atoms.